The second-order valence-electron chi connectivity index (χ2n) is 5.15. The Labute approximate surface area is 97.3 Å². The van der Waals surface area contributed by atoms with E-state index in [0.29, 0.717) is 18.3 Å². The van der Waals surface area contributed by atoms with Crippen LogP contribution in [0.2, 0.25) is 0 Å². The van der Waals surface area contributed by atoms with Crippen LogP contribution in [0.5, 0.6) is 0 Å². The molecule has 2 heterocycles. The summed E-state index contributed by atoms with van der Waals surface area (Å²) in [5.41, 5.74) is 0. The molecular weight excluding hydrogens is 204 g/mol. The van der Waals surface area contributed by atoms with Crippen molar-refractivity contribution in [2.75, 3.05) is 32.8 Å². The van der Waals surface area contributed by atoms with Crippen molar-refractivity contribution in [3.05, 3.63) is 0 Å². The van der Waals surface area contributed by atoms with Crippen LogP contribution in [0.25, 0.3) is 0 Å². The second-order valence-corrected chi connectivity index (χ2v) is 5.15. The van der Waals surface area contributed by atoms with Crippen molar-refractivity contribution in [1.82, 2.24) is 10.2 Å². The number of likely N-dealkylation sites (tertiary alicyclic amines) is 1. The summed E-state index contributed by atoms with van der Waals surface area (Å²) in [4.78, 5) is 14.0. The number of rotatable bonds is 2. The van der Waals surface area contributed by atoms with E-state index in [-0.39, 0.29) is 12.0 Å². The summed E-state index contributed by atoms with van der Waals surface area (Å²) in [5, 5.41) is 3.25. The van der Waals surface area contributed by atoms with Crippen LogP contribution in [0.3, 0.4) is 0 Å². The molecule has 2 rings (SSSR count). The third-order valence-corrected chi connectivity index (χ3v) is 3.75. The SMILES string of the molecule is CC1CN(C(=O)CC2CNCCO2)CC1C. The number of hydrogen-bond acceptors (Lipinski definition) is 3. The highest BCUT2D eigenvalue weighted by Gasteiger charge is 2.30. The van der Waals surface area contributed by atoms with Gasteiger partial charge in [0.2, 0.25) is 5.91 Å². The van der Waals surface area contributed by atoms with Crippen molar-refractivity contribution in [2.24, 2.45) is 11.8 Å². The number of hydrogen-bond donors (Lipinski definition) is 1. The molecule has 4 heteroatoms. The van der Waals surface area contributed by atoms with Gasteiger partial charge in [0.25, 0.3) is 0 Å². The number of carbonyl (C=O) groups is 1. The zero-order valence-electron chi connectivity index (χ0n) is 10.2. The molecule has 0 aliphatic carbocycles. The monoisotopic (exact) mass is 226 g/mol. The Hall–Kier alpha value is -0.610. The maximum absolute atomic E-state index is 12.0. The van der Waals surface area contributed by atoms with Gasteiger partial charge in [0.15, 0.2) is 0 Å². The first kappa shape index (κ1) is 11.9. The van der Waals surface area contributed by atoms with Crippen LogP contribution in [0, 0.1) is 11.8 Å². The smallest absolute Gasteiger partial charge is 0.225 e. The van der Waals surface area contributed by atoms with Crippen molar-refractivity contribution >= 4 is 5.91 Å². The highest BCUT2D eigenvalue weighted by molar-refractivity contribution is 5.77. The van der Waals surface area contributed by atoms with E-state index in [0.717, 1.165) is 32.8 Å². The molecule has 16 heavy (non-hydrogen) atoms. The maximum atomic E-state index is 12.0. The summed E-state index contributed by atoms with van der Waals surface area (Å²) >= 11 is 0. The van der Waals surface area contributed by atoms with Crippen LogP contribution in [0.4, 0.5) is 0 Å². The Bertz CT molecular complexity index is 241. The zero-order chi connectivity index (χ0) is 11.5. The van der Waals surface area contributed by atoms with Crippen molar-refractivity contribution < 1.29 is 9.53 Å². The van der Waals surface area contributed by atoms with Crippen LogP contribution >= 0.6 is 0 Å². The molecule has 1 amide bonds. The summed E-state index contributed by atoms with van der Waals surface area (Å²) in [6.45, 7) is 8.71. The van der Waals surface area contributed by atoms with E-state index in [4.69, 9.17) is 4.74 Å². The molecular formula is C12H22N2O2. The lowest BCUT2D eigenvalue weighted by atomic mass is 10.0. The van der Waals surface area contributed by atoms with Gasteiger partial charge in [-0.25, -0.2) is 0 Å². The van der Waals surface area contributed by atoms with Gasteiger partial charge in [0.1, 0.15) is 0 Å². The Morgan fingerprint density at radius 1 is 1.38 bits per heavy atom. The number of nitrogens with one attached hydrogen (secondary N) is 1. The molecule has 2 saturated heterocycles. The van der Waals surface area contributed by atoms with Gasteiger partial charge in [-0.1, -0.05) is 13.8 Å². The van der Waals surface area contributed by atoms with Crippen LogP contribution in [-0.4, -0.2) is 49.7 Å². The van der Waals surface area contributed by atoms with Crippen molar-refractivity contribution in [1.29, 1.82) is 0 Å². The van der Waals surface area contributed by atoms with E-state index in [9.17, 15) is 4.79 Å². The van der Waals surface area contributed by atoms with Gasteiger partial charge in [-0.05, 0) is 11.8 Å². The minimum atomic E-state index is 0.0764. The van der Waals surface area contributed by atoms with Crippen molar-refractivity contribution in [3.8, 4) is 0 Å². The third-order valence-electron chi connectivity index (χ3n) is 3.75. The van der Waals surface area contributed by atoms with Gasteiger partial charge in [-0.15, -0.1) is 0 Å². The van der Waals surface area contributed by atoms with Gasteiger partial charge in [-0.3, -0.25) is 4.79 Å². The van der Waals surface area contributed by atoms with Crippen LogP contribution in [0.15, 0.2) is 0 Å². The van der Waals surface area contributed by atoms with Crippen LogP contribution in [-0.2, 0) is 9.53 Å². The van der Waals surface area contributed by atoms with Gasteiger partial charge >= 0.3 is 0 Å². The maximum Gasteiger partial charge on any atom is 0.225 e. The number of nitrogens with zero attached hydrogens (tertiary/aromatic N) is 1. The standard InChI is InChI=1S/C12H22N2O2/c1-9-7-14(8-10(9)2)12(15)5-11-6-13-3-4-16-11/h9-11,13H,3-8H2,1-2H3. The fourth-order valence-electron chi connectivity index (χ4n) is 2.41. The highest BCUT2D eigenvalue weighted by atomic mass is 16.5. The van der Waals surface area contributed by atoms with Gasteiger partial charge in [-0.2, -0.15) is 0 Å². The van der Waals surface area contributed by atoms with Crippen LogP contribution < -0.4 is 5.32 Å². The number of carbonyl (C=O) groups excluding carboxylic acids is 1. The lowest BCUT2D eigenvalue weighted by Crippen LogP contribution is -2.42. The molecule has 0 aromatic rings. The van der Waals surface area contributed by atoms with E-state index in [1.54, 1.807) is 0 Å². The van der Waals surface area contributed by atoms with E-state index in [1.807, 2.05) is 4.90 Å². The van der Waals surface area contributed by atoms with E-state index < -0.39 is 0 Å². The fraction of sp³-hybridized carbons (Fsp3) is 0.917. The molecule has 3 unspecified atom stereocenters. The molecule has 1 N–H and O–H groups in total. The molecule has 0 radical (unpaired) electrons. The fourth-order valence-corrected chi connectivity index (χ4v) is 2.41. The molecule has 3 atom stereocenters. The Balaban J connectivity index is 1.79. The minimum absolute atomic E-state index is 0.0764. The summed E-state index contributed by atoms with van der Waals surface area (Å²) in [7, 11) is 0. The molecule has 2 aliphatic heterocycles. The molecule has 2 aliphatic rings. The summed E-state index contributed by atoms with van der Waals surface area (Å²) in [6, 6.07) is 0. The first-order valence-electron chi connectivity index (χ1n) is 6.27. The van der Waals surface area contributed by atoms with Gasteiger partial charge in [0, 0.05) is 26.2 Å². The van der Waals surface area contributed by atoms with E-state index in [1.165, 1.54) is 0 Å². The first-order chi connectivity index (χ1) is 7.66. The van der Waals surface area contributed by atoms with E-state index in [2.05, 4.69) is 19.2 Å². The average molecular weight is 226 g/mol. The lowest BCUT2D eigenvalue weighted by molar-refractivity contribution is -0.133. The van der Waals surface area contributed by atoms with Crippen molar-refractivity contribution in [2.45, 2.75) is 26.4 Å². The zero-order valence-corrected chi connectivity index (χ0v) is 10.2. The lowest BCUT2D eigenvalue weighted by Gasteiger charge is -2.25. The predicted octanol–water partition coefficient (Wildman–Crippen LogP) is 0.479. The second kappa shape index (κ2) is 5.15. The summed E-state index contributed by atoms with van der Waals surface area (Å²) < 4.78 is 5.55. The molecule has 0 aromatic heterocycles. The first-order valence-corrected chi connectivity index (χ1v) is 6.27. The quantitative estimate of drug-likeness (QED) is 0.744. The van der Waals surface area contributed by atoms with Crippen molar-refractivity contribution in [3.63, 3.8) is 0 Å². The van der Waals surface area contributed by atoms with E-state index >= 15 is 0 Å². The Morgan fingerprint density at radius 3 is 2.62 bits per heavy atom. The molecule has 0 bridgehead atoms. The molecule has 0 aromatic carbocycles. The Morgan fingerprint density at radius 2 is 2.06 bits per heavy atom. The molecule has 4 nitrogen and oxygen atoms in total. The normalized spacial score (nSPS) is 35.4. The molecule has 0 saturated carbocycles. The third kappa shape index (κ3) is 2.74. The summed E-state index contributed by atoms with van der Waals surface area (Å²) in [5.74, 6) is 1.52. The highest BCUT2D eigenvalue weighted by Crippen LogP contribution is 2.23. The topological polar surface area (TPSA) is 41.6 Å². The van der Waals surface area contributed by atoms with Crippen LogP contribution in [0.1, 0.15) is 20.3 Å². The number of ether oxygens (including phenoxy) is 1. The van der Waals surface area contributed by atoms with Gasteiger partial charge < -0.3 is 15.0 Å². The predicted molar refractivity (Wildman–Crippen MR) is 62.1 cm³/mol. The largest absolute Gasteiger partial charge is 0.375 e. The molecule has 2 fully saturated rings. The number of amides is 1. The average Bonchev–Trinajstić information content (AvgIpc) is 2.61. The summed E-state index contributed by atoms with van der Waals surface area (Å²) in [6.07, 6.45) is 0.611. The Kier molecular flexibility index (Phi) is 3.82. The minimum Gasteiger partial charge on any atom is -0.375 e. The molecule has 0 spiro atoms. The van der Waals surface area contributed by atoms with Gasteiger partial charge in [0.05, 0.1) is 19.1 Å². The molecule has 92 valence electrons. The number of morpholine rings is 1.